The monoisotopic (exact) mass is 388 g/mol. The van der Waals surface area contributed by atoms with Crippen molar-refractivity contribution in [1.29, 1.82) is 0 Å². The zero-order chi connectivity index (χ0) is 17.3. The Morgan fingerprint density at radius 1 is 0.739 bits per heavy atom. The molecule has 0 spiro atoms. The molecule has 23 heavy (non-hydrogen) atoms. The quantitative estimate of drug-likeness (QED) is 0.214. The molecular weight excluding hydrogens is 347 g/mol. The Bertz CT molecular complexity index is 266. The van der Waals surface area contributed by atoms with Crippen molar-refractivity contribution in [3.63, 3.8) is 0 Å². The summed E-state index contributed by atoms with van der Waals surface area (Å²) in [5.74, 6) is -0.551. The van der Waals surface area contributed by atoms with Crippen molar-refractivity contribution in [1.82, 2.24) is 0 Å². The molecule has 0 saturated carbocycles. The predicted octanol–water partition coefficient (Wildman–Crippen LogP) is 7.07. The number of rotatable bonds is 17. The number of carboxylic acid groups (broad SMARTS) is 1. The molecule has 0 aliphatic heterocycles. The van der Waals surface area contributed by atoms with Gasteiger partial charge in [-0.15, -0.1) is 0 Å². The Morgan fingerprint density at radius 3 is 1.39 bits per heavy atom. The van der Waals surface area contributed by atoms with Crippen molar-refractivity contribution in [3.8, 4) is 0 Å². The zero-order valence-electron chi connectivity index (χ0n) is 16.0. The van der Waals surface area contributed by atoms with Crippen LogP contribution in [0.3, 0.4) is 0 Å². The van der Waals surface area contributed by atoms with Gasteiger partial charge in [0, 0.05) is 0 Å². The minimum atomic E-state index is -1.10. The third kappa shape index (κ3) is 15.3. The van der Waals surface area contributed by atoms with Crippen LogP contribution < -0.4 is 0 Å². The Hall–Kier alpha value is 0.0284. The van der Waals surface area contributed by atoms with Crippen LogP contribution in [-0.4, -0.2) is 25.7 Å². The van der Waals surface area contributed by atoms with E-state index < -0.39 is 20.6 Å². The second-order valence-electron chi connectivity index (χ2n) is 7.20. The van der Waals surface area contributed by atoms with Gasteiger partial charge in [-0.2, -0.15) is 0 Å². The molecule has 0 rings (SSSR count). The molecule has 2 nitrogen and oxygen atoms in total. The van der Waals surface area contributed by atoms with Gasteiger partial charge >= 0.3 is 117 Å². The maximum atomic E-state index is 11.1. The normalized spacial score (nSPS) is 12.7. The van der Waals surface area contributed by atoms with Gasteiger partial charge in [-0.1, -0.05) is 32.6 Å². The Morgan fingerprint density at radius 2 is 1.09 bits per heavy atom. The molecule has 0 radical (unpaired) electrons. The molecule has 0 fully saturated rings. The molecule has 0 aromatic rings. The second kappa shape index (κ2) is 16.9. The predicted molar refractivity (Wildman–Crippen MR) is 104 cm³/mol. The van der Waals surface area contributed by atoms with Crippen LogP contribution in [0.4, 0.5) is 0 Å². The molecule has 0 heterocycles. The number of hydrogen-bond acceptors (Lipinski definition) is 1. The molecule has 1 unspecified atom stereocenters. The average molecular weight is 388 g/mol. The van der Waals surface area contributed by atoms with Crippen molar-refractivity contribution in [2.24, 2.45) is 0 Å². The van der Waals surface area contributed by atoms with E-state index in [1.165, 1.54) is 83.5 Å². The molecule has 0 aromatic carbocycles. The van der Waals surface area contributed by atoms with E-state index in [0.717, 1.165) is 12.8 Å². The second-order valence-corrected chi connectivity index (χ2v) is 12.6. The first-order valence-electron chi connectivity index (χ1n) is 9.98. The van der Waals surface area contributed by atoms with Gasteiger partial charge in [-0.3, -0.25) is 0 Å². The van der Waals surface area contributed by atoms with Gasteiger partial charge in [0.05, 0.1) is 0 Å². The van der Waals surface area contributed by atoms with Crippen LogP contribution in [0.25, 0.3) is 0 Å². The molecule has 0 saturated heterocycles. The zero-order valence-corrected chi connectivity index (χ0v) is 17.9. The van der Waals surface area contributed by atoms with Crippen LogP contribution in [0.5, 0.6) is 0 Å². The molecule has 1 N–H and O–H groups in total. The first kappa shape index (κ1) is 23.0. The first-order valence-corrected chi connectivity index (χ1v) is 14.8. The van der Waals surface area contributed by atoms with Gasteiger partial charge in [-0.05, 0) is 0 Å². The maximum absolute atomic E-state index is 11.1. The average Bonchev–Trinajstić information content (AvgIpc) is 2.50. The van der Waals surface area contributed by atoms with Crippen molar-refractivity contribution < 1.29 is 9.90 Å². The van der Waals surface area contributed by atoms with Crippen molar-refractivity contribution >= 4 is 20.6 Å². The Kier molecular flexibility index (Phi) is 16.9. The third-order valence-corrected chi connectivity index (χ3v) is 8.36. The van der Waals surface area contributed by atoms with E-state index in [9.17, 15) is 9.90 Å². The van der Waals surface area contributed by atoms with E-state index >= 15 is 0 Å². The summed E-state index contributed by atoms with van der Waals surface area (Å²) in [6, 6.07) is 0. The number of aliphatic carboxylic acids is 1. The van der Waals surface area contributed by atoms with E-state index in [1.54, 1.807) is 0 Å². The van der Waals surface area contributed by atoms with Crippen LogP contribution in [0.2, 0.25) is 16.1 Å². The van der Waals surface area contributed by atoms with Crippen molar-refractivity contribution in [2.45, 2.75) is 119 Å². The summed E-state index contributed by atoms with van der Waals surface area (Å²) in [5, 5.41) is 9.18. The Balaban J connectivity index is 3.23. The van der Waals surface area contributed by atoms with Gasteiger partial charge < -0.3 is 0 Å². The third-order valence-electron chi connectivity index (χ3n) is 4.74. The van der Waals surface area contributed by atoms with Gasteiger partial charge in [0.15, 0.2) is 0 Å². The number of carbonyl (C=O) groups is 1. The van der Waals surface area contributed by atoms with E-state index in [0.29, 0.717) is 0 Å². The fraction of sp³-hybridized carbons (Fsp3) is 0.950. The summed E-state index contributed by atoms with van der Waals surface area (Å²) in [6.45, 7) is 2.27. The summed E-state index contributed by atoms with van der Waals surface area (Å²) < 4.78 is -0.000161. The molecule has 0 bridgehead atoms. The Labute approximate surface area is 150 Å². The summed E-state index contributed by atoms with van der Waals surface area (Å²) in [6.07, 6.45) is 20.0. The van der Waals surface area contributed by atoms with Crippen LogP contribution in [0.15, 0.2) is 0 Å². The van der Waals surface area contributed by atoms with Crippen LogP contribution in [0, 0.1) is 0 Å². The minimum absolute atomic E-state index is 0.000161. The van der Waals surface area contributed by atoms with Crippen molar-refractivity contribution in [3.05, 3.63) is 0 Å². The topological polar surface area (TPSA) is 37.3 Å². The molecule has 0 aliphatic rings. The summed E-state index contributed by atoms with van der Waals surface area (Å²) >= 11 is -1.10. The van der Waals surface area contributed by atoms with Crippen molar-refractivity contribution in [2.75, 3.05) is 0 Å². The molecule has 0 aliphatic carbocycles. The number of unbranched alkanes of at least 4 members (excludes halogenated alkanes) is 13. The molecule has 0 amide bonds. The van der Waals surface area contributed by atoms with E-state index in [1.807, 2.05) is 0 Å². The SMILES string of the molecule is CCCCCCCCCCCCCCCCC(C(=O)O)[As](C)C. The van der Waals surface area contributed by atoms with E-state index in [2.05, 4.69) is 18.3 Å². The number of hydrogen-bond donors (Lipinski definition) is 1. The van der Waals surface area contributed by atoms with Gasteiger partial charge in [0.1, 0.15) is 0 Å². The molecule has 3 heteroatoms. The van der Waals surface area contributed by atoms with Gasteiger partial charge in [-0.25, -0.2) is 0 Å². The van der Waals surface area contributed by atoms with E-state index in [4.69, 9.17) is 0 Å². The molecular formula is C20H41AsO2. The fourth-order valence-electron chi connectivity index (χ4n) is 3.13. The molecule has 138 valence electrons. The molecule has 1 atom stereocenters. The van der Waals surface area contributed by atoms with Crippen LogP contribution in [-0.2, 0) is 4.79 Å². The molecule has 0 aromatic heterocycles. The van der Waals surface area contributed by atoms with Gasteiger partial charge in [0.25, 0.3) is 0 Å². The number of carboxylic acids is 1. The van der Waals surface area contributed by atoms with Crippen LogP contribution in [0.1, 0.15) is 103 Å². The summed E-state index contributed by atoms with van der Waals surface area (Å²) in [7, 11) is 0. The van der Waals surface area contributed by atoms with Gasteiger partial charge in [0.2, 0.25) is 0 Å². The summed E-state index contributed by atoms with van der Waals surface area (Å²) in [5.41, 5.74) is 4.32. The van der Waals surface area contributed by atoms with Crippen LogP contribution >= 0.6 is 0 Å². The fourth-order valence-corrected chi connectivity index (χ4v) is 5.53. The first-order chi connectivity index (χ1) is 11.1. The van der Waals surface area contributed by atoms with E-state index in [-0.39, 0.29) is 4.71 Å². The summed E-state index contributed by atoms with van der Waals surface area (Å²) in [4.78, 5) is 11.1. The standard InChI is InChI=1S/C20H41AsO2/c1-4-5-6-7-8-9-10-11-12-13-14-15-16-17-18-19(20(22)23)21(2)3/h19H,4-18H2,1-3H3,(H,22,23).